The summed E-state index contributed by atoms with van der Waals surface area (Å²) in [6.45, 7) is 0. The Morgan fingerprint density at radius 3 is 1.64 bits per heavy atom. The molecule has 0 saturated heterocycles. The van der Waals surface area contributed by atoms with Crippen molar-refractivity contribution in [2.75, 3.05) is 0 Å². The molecule has 0 atom stereocenters. The number of hydrogen-bond acceptors (Lipinski definition) is 5. The third-order valence-electron chi connectivity index (χ3n) is 11.3. The van der Waals surface area contributed by atoms with Crippen LogP contribution >= 0.6 is 0 Å². The van der Waals surface area contributed by atoms with Gasteiger partial charge >= 0.3 is 0 Å². The van der Waals surface area contributed by atoms with E-state index in [1.807, 2.05) is 36.4 Å². The van der Waals surface area contributed by atoms with Gasteiger partial charge in [-0.2, -0.15) is 0 Å². The molecule has 12 aromatic rings. The van der Waals surface area contributed by atoms with Crippen LogP contribution in [-0.2, 0) is 0 Å². The maximum Gasteiger partial charge on any atom is 0.164 e. The minimum atomic E-state index is 0.556. The Balaban J connectivity index is 1.10. The molecule has 5 heteroatoms. The second kappa shape index (κ2) is 12.8. The maximum atomic E-state index is 6.82. The highest BCUT2D eigenvalue weighted by Gasteiger charge is 2.22. The summed E-state index contributed by atoms with van der Waals surface area (Å²) in [6, 6.07) is 65.2. The molecule has 0 unspecified atom stereocenters. The predicted molar refractivity (Wildman–Crippen MR) is 237 cm³/mol. The largest absolute Gasteiger partial charge is 0.456 e. The summed E-state index contributed by atoms with van der Waals surface area (Å²) < 4.78 is 13.2. The van der Waals surface area contributed by atoms with Crippen molar-refractivity contribution in [1.82, 2.24) is 15.0 Å². The second-order valence-electron chi connectivity index (χ2n) is 14.8. The van der Waals surface area contributed by atoms with Gasteiger partial charge in [0.1, 0.15) is 22.3 Å². The minimum Gasteiger partial charge on any atom is -0.456 e. The summed E-state index contributed by atoms with van der Waals surface area (Å²) in [4.78, 5) is 15.7. The normalized spacial score (nSPS) is 11.8. The van der Waals surface area contributed by atoms with Crippen LogP contribution in [-0.4, -0.2) is 15.0 Å². The number of fused-ring (bicyclic) bond motifs is 8. The summed E-state index contributed by atoms with van der Waals surface area (Å²) in [5, 5.41) is 8.60. The van der Waals surface area contributed by atoms with E-state index in [1.54, 1.807) is 0 Å². The lowest BCUT2D eigenvalue weighted by Gasteiger charge is -2.11. The van der Waals surface area contributed by atoms with Crippen LogP contribution < -0.4 is 0 Å². The van der Waals surface area contributed by atoms with Crippen molar-refractivity contribution >= 4 is 65.4 Å². The van der Waals surface area contributed by atoms with Crippen LogP contribution in [0.25, 0.3) is 122 Å². The van der Waals surface area contributed by atoms with Crippen LogP contribution in [0.3, 0.4) is 0 Å². The molecule has 58 heavy (non-hydrogen) atoms. The number of rotatable bonds is 5. The van der Waals surface area contributed by atoms with E-state index in [-0.39, 0.29) is 0 Å². The first-order valence-electron chi connectivity index (χ1n) is 19.4. The summed E-state index contributed by atoms with van der Waals surface area (Å²) in [5.41, 5.74) is 10.3. The van der Waals surface area contributed by atoms with Crippen LogP contribution in [0, 0.1) is 0 Å². The third kappa shape index (κ3) is 5.29. The van der Waals surface area contributed by atoms with Gasteiger partial charge in [0.15, 0.2) is 17.5 Å². The Labute approximate surface area is 332 Å². The Bertz CT molecular complexity index is 3570. The minimum absolute atomic E-state index is 0.556. The number of para-hydroxylation sites is 1. The molecule has 0 aliphatic heterocycles. The monoisotopic (exact) mass is 741 g/mol. The number of aromatic nitrogens is 3. The molecular formula is C53H31N3O2. The lowest BCUT2D eigenvalue weighted by molar-refractivity contribution is 0.669. The Kier molecular flexibility index (Phi) is 7.16. The summed E-state index contributed by atoms with van der Waals surface area (Å²) in [6.07, 6.45) is 0. The van der Waals surface area contributed by atoms with E-state index >= 15 is 0 Å². The van der Waals surface area contributed by atoms with Gasteiger partial charge in [-0.15, -0.1) is 0 Å². The van der Waals surface area contributed by atoms with Gasteiger partial charge in [-0.25, -0.2) is 15.0 Å². The topological polar surface area (TPSA) is 65.0 Å². The average Bonchev–Trinajstić information content (AvgIpc) is 3.86. The highest BCUT2D eigenvalue weighted by molar-refractivity contribution is 6.18. The first-order valence-corrected chi connectivity index (χ1v) is 19.4. The van der Waals surface area contributed by atoms with E-state index in [0.717, 1.165) is 93.2 Å². The predicted octanol–water partition coefficient (Wildman–Crippen LogP) is 14.3. The highest BCUT2D eigenvalue weighted by Crippen LogP contribution is 2.43. The quantitative estimate of drug-likeness (QED) is 0.176. The average molecular weight is 742 g/mol. The molecule has 3 aromatic heterocycles. The Morgan fingerprint density at radius 2 is 0.845 bits per heavy atom. The van der Waals surface area contributed by atoms with Crippen molar-refractivity contribution in [3.63, 3.8) is 0 Å². The molecule has 5 nitrogen and oxygen atoms in total. The van der Waals surface area contributed by atoms with Crippen LogP contribution in [0.4, 0.5) is 0 Å². The zero-order valence-electron chi connectivity index (χ0n) is 31.1. The van der Waals surface area contributed by atoms with E-state index in [9.17, 15) is 0 Å². The van der Waals surface area contributed by atoms with E-state index in [0.29, 0.717) is 17.5 Å². The molecule has 3 heterocycles. The Hall–Kier alpha value is -7.89. The molecule has 0 N–H and O–H groups in total. The molecule has 9 aromatic carbocycles. The fraction of sp³-hybridized carbons (Fsp3) is 0. The van der Waals surface area contributed by atoms with Crippen molar-refractivity contribution in [2.24, 2.45) is 0 Å². The van der Waals surface area contributed by atoms with Crippen molar-refractivity contribution in [1.29, 1.82) is 0 Å². The second-order valence-corrected chi connectivity index (χ2v) is 14.8. The molecule has 0 amide bonds. The van der Waals surface area contributed by atoms with Crippen LogP contribution in [0.1, 0.15) is 0 Å². The van der Waals surface area contributed by atoms with Crippen molar-refractivity contribution < 1.29 is 8.83 Å². The first kappa shape index (κ1) is 32.4. The highest BCUT2D eigenvalue weighted by atomic mass is 16.3. The summed E-state index contributed by atoms with van der Waals surface area (Å²) in [7, 11) is 0. The molecule has 270 valence electrons. The van der Waals surface area contributed by atoms with E-state index in [2.05, 4.69) is 152 Å². The lowest BCUT2D eigenvalue weighted by Crippen LogP contribution is -2.00. The summed E-state index contributed by atoms with van der Waals surface area (Å²) in [5.74, 6) is 1.70. The molecule has 0 aliphatic rings. The number of furan rings is 2. The maximum absolute atomic E-state index is 6.82. The smallest absolute Gasteiger partial charge is 0.164 e. The number of hydrogen-bond donors (Lipinski definition) is 0. The third-order valence-corrected chi connectivity index (χ3v) is 11.3. The SMILES string of the molecule is c1ccc(-c2ccc3cc(-c4nc(-c5ccc6c(c5)oc5ccccc56)nc(-c5ccc(-c6ccccc6)c6oc7cc8ccccc8cc7c56)n4)ccc3c2)cc1. The van der Waals surface area contributed by atoms with E-state index in [4.69, 9.17) is 23.8 Å². The van der Waals surface area contributed by atoms with Gasteiger partial charge in [0, 0.05) is 43.8 Å². The van der Waals surface area contributed by atoms with Crippen LogP contribution in [0.15, 0.2) is 197 Å². The van der Waals surface area contributed by atoms with Crippen molar-refractivity contribution in [2.45, 2.75) is 0 Å². The molecule has 0 bridgehead atoms. The molecule has 0 spiro atoms. The molecule has 0 aliphatic carbocycles. The van der Waals surface area contributed by atoms with E-state index in [1.165, 1.54) is 11.1 Å². The van der Waals surface area contributed by atoms with Crippen molar-refractivity contribution in [3.8, 4) is 56.4 Å². The standard InChI is InChI=1S/C53H31N3O2/c1-3-11-32(12-4-1)36-19-20-38-28-39(22-21-37(38)27-36)51-54-52(40-23-24-43-42-17-9-10-18-46(42)57-47(43)31-40)56-53(55-51)44-26-25-41(33-13-5-2-6-14-33)50-49(44)45-29-34-15-7-8-16-35(34)30-48(45)58-50/h1-31H. The molecular weight excluding hydrogens is 711 g/mol. The number of benzene rings is 9. The van der Waals surface area contributed by atoms with Gasteiger partial charge in [-0.1, -0.05) is 133 Å². The summed E-state index contributed by atoms with van der Waals surface area (Å²) >= 11 is 0. The van der Waals surface area contributed by atoms with Gasteiger partial charge in [-0.3, -0.25) is 0 Å². The molecule has 0 saturated carbocycles. The molecule has 0 radical (unpaired) electrons. The van der Waals surface area contributed by atoms with Crippen molar-refractivity contribution in [3.05, 3.63) is 188 Å². The first-order chi connectivity index (χ1) is 28.7. The zero-order chi connectivity index (χ0) is 38.2. The van der Waals surface area contributed by atoms with Crippen LogP contribution in [0.2, 0.25) is 0 Å². The number of nitrogens with zero attached hydrogens (tertiary/aromatic N) is 3. The van der Waals surface area contributed by atoms with Gasteiger partial charge in [-0.05, 0) is 92.8 Å². The Morgan fingerprint density at radius 1 is 0.293 bits per heavy atom. The van der Waals surface area contributed by atoms with Gasteiger partial charge in [0.05, 0.1) is 0 Å². The van der Waals surface area contributed by atoms with Gasteiger partial charge in [0.25, 0.3) is 0 Å². The van der Waals surface area contributed by atoms with Gasteiger partial charge in [0.2, 0.25) is 0 Å². The van der Waals surface area contributed by atoms with Gasteiger partial charge < -0.3 is 8.83 Å². The van der Waals surface area contributed by atoms with Crippen LogP contribution in [0.5, 0.6) is 0 Å². The zero-order valence-corrected chi connectivity index (χ0v) is 31.1. The molecule has 0 fully saturated rings. The fourth-order valence-corrected chi connectivity index (χ4v) is 8.41. The fourth-order valence-electron chi connectivity index (χ4n) is 8.41. The lowest BCUT2D eigenvalue weighted by atomic mass is 9.97. The molecule has 12 rings (SSSR count). The van der Waals surface area contributed by atoms with E-state index < -0.39 is 0 Å².